The average molecular weight is 392 g/mol. The summed E-state index contributed by atoms with van der Waals surface area (Å²) in [6.07, 6.45) is 0.552. The zero-order valence-corrected chi connectivity index (χ0v) is 14.8. The molecule has 2 aromatic rings. The van der Waals surface area contributed by atoms with Crippen molar-refractivity contribution in [3.05, 3.63) is 61.2 Å². The van der Waals surface area contributed by atoms with Crippen LogP contribution in [0, 0.1) is 31.0 Å². The van der Waals surface area contributed by atoms with Crippen LogP contribution in [0.25, 0.3) is 0 Å². The molecule has 1 aromatic carbocycles. The van der Waals surface area contributed by atoms with Gasteiger partial charge in [-0.2, -0.15) is 5.26 Å². The number of rotatable bonds is 4. The van der Waals surface area contributed by atoms with Gasteiger partial charge in [0.15, 0.2) is 0 Å². The first-order valence-electron chi connectivity index (χ1n) is 7.20. The molecule has 0 bridgehead atoms. The highest BCUT2D eigenvalue weighted by atomic mass is 79.9. The summed E-state index contributed by atoms with van der Waals surface area (Å²) < 4.78 is 13.5. The number of carbonyl (C=O) groups is 1. The maximum atomic E-state index is 13.0. The Balaban J connectivity index is 2.12. The van der Waals surface area contributed by atoms with Crippen LogP contribution in [0.1, 0.15) is 28.8 Å². The Bertz CT molecular complexity index is 900. The fraction of sp³-hybridized carbons (Fsp3) is 0.235. The van der Waals surface area contributed by atoms with Crippen molar-refractivity contribution in [2.75, 3.05) is 5.32 Å². The zero-order valence-electron chi connectivity index (χ0n) is 13.2. The summed E-state index contributed by atoms with van der Waals surface area (Å²) in [5.41, 5.74) is 2.14. The minimum Gasteiger partial charge on any atom is -0.325 e. The number of aryl methyl sites for hydroxylation is 1. The van der Waals surface area contributed by atoms with Gasteiger partial charge in [-0.05, 0) is 65.5 Å². The Morgan fingerprint density at radius 3 is 2.75 bits per heavy atom. The van der Waals surface area contributed by atoms with E-state index in [1.165, 1.54) is 18.2 Å². The summed E-state index contributed by atoms with van der Waals surface area (Å²) >= 11 is 3.19. The zero-order chi connectivity index (χ0) is 17.9. The molecular weight excluding hydrogens is 377 g/mol. The van der Waals surface area contributed by atoms with Gasteiger partial charge in [0, 0.05) is 16.6 Å². The predicted octanol–water partition coefficient (Wildman–Crippen LogP) is 3.34. The summed E-state index contributed by atoms with van der Waals surface area (Å²) in [4.78, 5) is 26.4. The molecule has 0 saturated carbocycles. The Morgan fingerprint density at radius 1 is 1.42 bits per heavy atom. The second kappa shape index (κ2) is 7.41. The molecule has 124 valence electrons. The molecule has 0 saturated heterocycles. The van der Waals surface area contributed by atoms with Crippen LogP contribution in [0.3, 0.4) is 0 Å². The highest BCUT2D eigenvalue weighted by molar-refractivity contribution is 9.10. The van der Waals surface area contributed by atoms with E-state index in [2.05, 4.69) is 26.2 Å². The molecule has 0 radical (unpaired) electrons. The molecule has 0 atom stereocenters. The molecule has 1 heterocycles. The van der Waals surface area contributed by atoms with Crippen LogP contribution >= 0.6 is 15.9 Å². The second-order valence-electron chi connectivity index (χ2n) is 5.34. The molecule has 5 nitrogen and oxygen atoms in total. The fourth-order valence-electron chi connectivity index (χ4n) is 2.46. The maximum Gasteiger partial charge on any atom is 0.266 e. The standard InChI is InChI=1S/C17H15BrFN3O2/c1-9-12(10(2)21-17(24)13(9)8-20)4-6-16(23)22-15-5-3-11(19)7-14(15)18/h3,5,7H,4,6H2,1-2H3,(H,21,24)(H,22,23). The summed E-state index contributed by atoms with van der Waals surface area (Å²) in [5, 5.41) is 11.8. The van der Waals surface area contributed by atoms with Gasteiger partial charge in [0.2, 0.25) is 5.91 Å². The molecule has 0 unspecified atom stereocenters. The third-order valence-electron chi connectivity index (χ3n) is 3.73. The number of H-pyrrole nitrogens is 1. The third-order valence-corrected chi connectivity index (χ3v) is 4.38. The van der Waals surface area contributed by atoms with Crippen LogP contribution in [0.15, 0.2) is 27.5 Å². The van der Waals surface area contributed by atoms with Crippen molar-refractivity contribution in [3.8, 4) is 6.07 Å². The van der Waals surface area contributed by atoms with Crippen LogP contribution in [0.2, 0.25) is 0 Å². The lowest BCUT2D eigenvalue weighted by atomic mass is 9.99. The van der Waals surface area contributed by atoms with Crippen molar-refractivity contribution in [1.29, 1.82) is 5.26 Å². The summed E-state index contributed by atoms with van der Waals surface area (Å²) in [6.45, 7) is 3.43. The van der Waals surface area contributed by atoms with E-state index < -0.39 is 11.4 Å². The number of halogens is 2. The van der Waals surface area contributed by atoms with Crippen LogP contribution < -0.4 is 10.9 Å². The van der Waals surface area contributed by atoms with Gasteiger partial charge in [-0.1, -0.05) is 0 Å². The van der Waals surface area contributed by atoms with E-state index in [0.717, 1.165) is 5.56 Å². The highest BCUT2D eigenvalue weighted by Crippen LogP contribution is 2.23. The lowest BCUT2D eigenvalue weighted by Crippen LogP contribution is -2.18. The first kappa shape index (κ1) is 17.9. The number of anilines is 1. The van der Waals surface area contributed by atoms with E-state index in [1.54, 1.807) is 13.8 Å². The number of nitrogens with zero attached hydrogens (tertiary/aromatic N) is 1. The SMILES string of the molecule is Cc1[nH]c(=O)c(C#N)c(C)c1CCC(=O)Nc1ccc(F)cc1Br. The van der Waals surface area contributed by atoms with Crippen LogP contribution in [0.4, 0.5) is 10.1 Å². The number of aromatic amines is 1. The number of aromatic nitrogens is 1. The maximum absolute atomic E-state index is 13.0. The molecule has 2 rings (SSSR count). The topological polar surface area (TPSA) is 85.8 Å². The van der Waals surface area contributed by atoms with Crippen LogP contribution in [-0.2, 0) is 11.2 Å². The van der Waals surface area contributed by atoms with Crippen molar-refractivity contribution in [1.82, 2.24) is 4.98 Å². The van der Waals surface area contributed by atoms with Gasteiger partial charge in [-0.3, -0.25) is 9.59 Å². The van der Waals surface area contributed by atoms with Crippen molar-refractivity contribution in [2.24, 2.45) is 0 Å². The highest BCUT2D eigenvalue weighted by Gasteiger charge is 2.14. The number of hydrogen-bond acceptors (Lipinski definition) is 3. The Hall–Kier alpha value is -2.46. The largest absolute Gasteiger partial charge is 0.325 e. The van der Waals surface area contributed by atoms with Crippen molar-refractivity contribution < 1.29 is 9.18 Å². The number of amides is 1. The normalized spacial score (nSPS) is 10.3. The smallest absolute Gasteiger partial charge is 0.266 e. The lowest BCUT2D eigenvalue weighted by Gasteiger charge is -2.11. The van der Waals surface area contributed by atoms with Crippen molar-refractivity contribution in [2.45, 2.75) is 26.7 Å². The molecule has 2 N–H and O–H groups in total. The van der Waals surface area contributed by atoms with Gasteiger partial charge >= 0.3 is 0 Å². The molecule has 0 fully saturated rings. The van der Waals surface area contributed by atoms with E-state index in [1.807, 2.05) is 6.07 Å². The van der Waals surface area contributed by atoms with Gasteiger partial charge in [-0.15, -0.1) is 0 Å². The first-order valence-corrected chi connectivity index (χ1v) is 8.00. The van der Waals surface area contributed by atoms with E-state index >= 15 is 0 Å². The monoisotopic (exact) mass is 391 g/mol. The summed E-state index contributed by atoms with van der Waals surface area (Å²) in [6, 6.07) is 5.89. The molecule has 24 heavy (non-hydrogen) atoms. The van der Waals surface area contributed by atoms with E-state index in [4.69, 9.17) is 5.26 Å². The van der Waals surface area contributed by atoms with E-state index in [-0.39, 0.29) is 17.9 Å². The van der Waals surface area contributed by atoms with Gasteiger partial charge in [-0.25, -0.2) is 4.39 Å². The van der Waals surface area contributed by atoms with Gasteiger partial charge < -0.3 is 10.3 Å². The predicted molar refractivity (Wildman–Crippen MR) is 92.3 cm³/mol. The third kappa shape index (κ3) is 3.89. The molecule has 7 heteroatoms. The number of nitriles is 1. The number of pyridine rings is 1. The van der Waals surface area contributed by atoms with Gasteiger partial charge in [0.05, 0.1) is 5.69 Å². The molecule has 0 aliphatic carbocycles. The number of benzene rings is 1. The molecular formula is C17H15BrFN3O2. The van der Waals surface area contributed by atoms with E-state index in [9.17, 15) is 14.0 Å². The fourth-order valence-corrected chi connectivity index (χ4v) is 2.91. The lowest BCUT2D eigenvalue weighted by molar-refractivity contribution is -0.116. The van der Waals surface area contributed by atoms with Crippen LogP contribution in [0.5, 0.6) is 0 Å². The second-order valence-corrected chi connectivity index (χ2v) is 6.20. The Morgan fingerprint density at radius 2 is 2.12 bits per heavy atom. The molecule has 0 aliphatic rings. The van der Waals surface area contributed by atoms with E-state index in [0.29, 0.717) is 27.8 Å². The molecule has 1 amide bonds. The minimum absolute atomic E-state index is 0.0669. The summed E-state index contributed by atoms with van der Waals surface area (Å²) in [5.74, 6) is -0.644. The van der Waals surface area contributed by atoms with Crippen molar-refractivity contribution in [3.63, 3.8) is 0 Å². The van der Waals surface area contributed by atoms with Crippen molar-refractivity contribution >= 4 is 27.5 Å². The molecule has 0 spiro atoms. The number of carbonyl (C=O) groups excluding carboxylic acids is 1. The average Bonchev–Trinajstić information content (AvgIpc) is 2.50. The number of nitrogens with one attached hydrogen (secondary N) is 2. The summed E-state index contributed by atoms with van der Waals surface area (Å²) in [7, 11) is 0. The molecule has 0 aliphatic heterocycles. The Kier molecular flexibility index (Phi) is 5.52. The quantitative estimate of drug-likeness (QED) is 0.837. The van der Waals surface area contributed by atoms with Gasteiger partial charge in [0.1, 0.15) is 17.4 Å². The minimum atomic E-state index is -0.420. The van der Waals surface area contributed by atoms with Gasteiger partial charge in [0.25, 0.3) is 5.56 Å². The first-order chi connectivity index (χ1) is 11.3. The van der Waals surface area contributed by atoms with Crippen LogP contribution in [-0.4, -0.2) is 10.9 Å². The number of hydrogen-bond donors (Lipinski definition) is 2. The molecule has 1 aromatic heterocycles. The Labute approximate surface area is 146 Å².